The van der Waals surface area contributed by atoms with Crippen LogP contribution in [-0.4, -0.2) is 30.1 Å². The smallest absolute Gasteiger partial charge is 0.338 e. The average molecular weight is 381 g/mol. The molecule has 1 saturated carbocycles. The molecule has 2 aromatic carbocycles. The number of carbonyl (C=O) groups excluding carboxylic acids is 2. The summed E-state index contributed by atoms with van der Waals surface area (Å²) in [5, 5.41) is 1.48. The Morgan fingerprint density at radius 2 is 1.71 bits per heavy atom. The van der Waals surface area contributed by atoms with Crippen molar-refractivity contribution in [2.75, 3.05) is 6.61 Å². The lowest BCUT2D eigenvalue weighted by molar-refractivity contribution is -0.196. The van der Waals surface area contributed by atoms with Crippen LogP contribution in [-0.2, 0) is 21.0 Å². The summed E-state index contributed by atoms with van der Waals surface area (Å²) in [4.78, 5) is 29.0. The van der Waals surface area contributed by atoms with E-state index in [2.05, 4.69) is 0 Å². The van der Waals surface area contributed by atoms with E-state index in [9.17, 15) is 9.59 Å². The maximum Gasteiger partial charge on any atom is 0.338 e. The highest BCUT2D eigenvalue weighted by Crippen LogP contribution is 2.34. The summed E-state index contributed by atoms with van der Waals surface area (Å²) in [5.41, 5.74) is 2.86. The third-order valence-electron chi connectivity index (χ3n) is 5.28. The summed E-state index contributed by atoms with van der Waals surface area (Å²) in [6, 6.07) is 17.7. The van der Waals surface area contributed by atoms with E-state index in [1.165, 1.54) is 10.6 Å². The van der Waals surface area contributed by atoms with Crippen molar-refractivity contribution in [3.8, 4) is 0 Å². The number of amides is 1. The van der Waals surface area contributed by atoms with Crippen molar-refractivity contribution in [1.82, 2.24) is 5.06 Å². The van der Waals surface area contributed by atoms with Crippen LogP contribution in [0.15, 0.2) is 54.6 Å². The van der Waals surface area contributed by atoms with Gasteiger partial charge in [0.15, 0.2) is 0 Å². The first-order valence-electron chi connectivity index (χ1n) is 9.88. The van der Waals surface area contributed by atoms with Crippen molar-refractivity contribution < 1.29 is 19.2 Å². The van der Waals surface area contributed by atoms with Gasteiger partial charge in [-0.2, -0.15) is 0 Å². The van der Waals surface area contributed by atoms with Gasteiger partial charge in [-0.25, -0.2) is 9.86 Å². The Morgan fingerprint density at radius 3 is 2.32 bits per heavy atom. The van der Waals surface area contributed by atoms with E-state index in [1.54, 1.807) is 6.92 Å². The van der Waals surface area contributed by atoms with E-state index >= 15 is 0 Å². The quantitative estimate of drug-likeness (QED) is 0.384. The number of nitrogens with zero attached hydrogens (tertiary/aromatic N) is 1. The normalized spacial score (nSPS) is 19.0. The molecule has 1 aliphatic rings. The van der Waals surface area contributed by atoms with Crippen molar-refractivity contribution in [2.45, 2.75) is 51.2 Å². The number of hydrogen-bond acceptors (Lipinski definition) is 4. The van der Waals surface area contributed by atoms with Crippen molar-refractivity contribution in [3.63, 3.8) is 0 Å². The first kappa shape index (κ1) is 20.1. The highest BCUT2D eigenvalue weighted by Gasteiger charge is 2.27. The molecule has 0 aliphatic heterocycles. The molecule has 148 valence electrons. The molecule has 0 atom stereocenters. The van der Waals surface area contributed by atoms with E-state index in [1.807, 2.05) is 54.6 Å². The van der Waals surface area contributed by atoms with Gasteiger partial charge in [0.25, 0.3) is 0 Å². The molecule has 0 aromatic heterocycles. The molecule has 0 heterocycles. The molecular weight excluding hydrogens is 354 g/mol. The molecule has 28 heavy (non-hydrogen) atoms. The molecule has 1 fully saturated rings. The second-order valence-electron chi connectivity index (χ2n) is 7.07. The van der Waals surface area contributed by atoms with E-state index < -0.39 is 0 Å². The van der Waals surface area contributed by atoms with Gasteiger partial charge in [-0.1, -0.05) is 42.5 Å². The molecule has 0 bridgehead atoms. The van der Waals surface area contributed by atoms with Crippen LogP contribution in [0.25, 0.3) is 0 Å². The molecule has 0 spiro atoms. The van der Waals surface area contributed by atoms with Gasteiger partial charge in [0.2, 0.25) is 6.41 Å². The highest BCUT2D eigenvalue weighted by atomic mass is 16.7. The summed E-state index contributed by atoms with van der Waals surface area (Å²) in [6.45, 7) is 2.58. The van der Waals surface area contributed by atoms with Crippen LogP contribution < -0.4 is 0 Å². The number of hydroxylamine groups is 2. The van der Waals surface area contributed by atoms with Gasteiger partial charge >= 0.3 is 5.97 Å². The SMILES string of the molecule is CCOC(=O)c1ccc(C2CCC(N(C=O)OCc3ccccc3)CC2)cc1. The monoisotopic (exact) mass is 381 g/mol. The largest absolute Gasteiger partial charge is 0.462 e. The molecule has 0 radical (unpaired) electrons. The first-order chi connectivity index (χ1) is 13.7. The van der Waals surface area contributed by atoms with Crippen LogP contribution in [0.4, 0.5) is 0 Å². The molecule has 1 amide bonds. The zero-order valence-electron chi connectivity index (χ0n) is 16.3. The first-order valence-corrected chi connectivity index (χ1v) is 9.88. The predicted molar refractivity (Wildman–Crippen MR) is 107 cm³/mol. The Kier molecular flexibility index (Phi) is 7.20. The Morgan fingerprint density at radius 1 is 1.04 bits per heavy atom. The molecule has 2 aromatic rings. The highest BCUT2D eigenvalue weighted by molar-refractivity contribution is 5.89. The minimum atomic E-state index is -0.282. The van der Waals surface area contributed by atoms with Gasteiger partial charge < -0.3 is 4.74 Å². The van der Waals surface area contributed by atoms with Gasteiger partial charge in [-0.3, -0.25) is 9.63 Å². The average Bonchev–Trinajstić information content (AvgIpc) is 2.76. The number of carbonyl (C=O) groups is 2. The molecule has 1 aliphatic carbocycles. The number of rotatable bonds is 8. The second-order valence-corrected chi connectivity index (χ2v) is 7.07. The number of ether oxygens (including phenoxy) is 1. The second kappa shape index (κ2) is 10.0. The molecule has 5 heteroatoms. The molecule has 0 N–H and O–H groups in total. The van der Waals surface area contributed by atoms with Crippen molar-refractivity contribution in [2.24, 2.45) is 0 Å². The maximum atomic E-state index is 11.8. The summed E-state index contributed by atoms with van der Waals surface area (Å²) in [6.07, 6.45) is 4.57. The topological polar surface area (TPSA) is 55.8 Å². The number of benzene rings is 2. The molecule has 5 nitrogen and oxygen atoms in total. The van der Waals surface area contributed by atoms with Crippen LogP contribution in [0.5, 0.6) is 0 Å². The van der Waals surface area contributed by atoms with Gasteiger partial charge in [0.05, 0.1) is 18.2 Å². The molecule has 0 unspecified atom stereocenters. The Hall–Kier alpha value is -2.66. The third kappa shape index (κ3) is 5.20. The fraction of sp³-hybridized carbons (Fsp3) is 0.391. The van der Waals surface area contributed by atoms with Crippen LogP contribution in [0, 0.1) is 0 Å². The van der Waals surface area contributed by atoms with E-state index in [4.69, 9.17) is 9.57 Å². The van der Waals surface area contributed by atoms with Crippen molar-refractivity contribution in [1.29, 1.82) is 0 Å². The Labute approximate surface area is 166 Å². The van der Waals surface area contributed by atoms with Crippen LogP contribution in [0.3, 0.4) is 0 Å². The molecule has 0 saturated heterocycles. The maximum absolute atomic E-state index is 11.8. The summed E-state index contributed by atoms with van der Waals surface area (Å²) < 4.78 is 5.03. The predicted octanol–water partition coefficient (Wildman–Crippen LogP) is 4.48. The van der Waals surface area contributed by atoms with Crippen molar-refractivity contribution >= 4 is 12.4 Å². The fourth-order valence-electron chi connectivity index (χ4n) is 3.71. The van der Waals surface area contributed by atoms with Gasteiger partial charge in [-0.05, 0) is 61.8 Å². The van der Waals surface area contributed by atoms with E-state index in [0.717, 1.165) is 37.7 Å². The summed E-state index contributed by atoms with van der Waals surface area (Å²) >= 11 is 0. The standard InChI is InChI=1S/C23H27NO4/c1-2-27-23(26)21-10-8-19(9-11-21)20-12-14-22(15-13-20)24(17-25)28-16-18-6-4-3-5-7-18/h3-11,17,20,22H,2,12-16H2,1H3. The Bertz CT molecular complexity index is 752. The fourth-order valence-corrected chi connectivity index (χ4v) is 3.71. The van der Waals surface area contributed by atoms with Gasteiger partial charge in [0, 0.05) is 0 Å². The van der Waals surface area contributed by atoms with Crippen molar-refractivity contribution in [3.05, 3.63) is 71.3 Å². The van der Waals surface area contributed by atoms with Crippen LogP contribution >= 0.6 is 0 Å². The van der Waals surface area contributed by atoms with E-state index in [0.29, 0.717) is 24.7 Å². The zero-order valence-corrected chi connectivity index (χ0v) is 16.3. The zero-order chi connectivity index (χ0) is 19.8. The van der Waals surface area contributed by atoms with Crippen LogP contribution in [0.1, 0.15) is 60.0 Å². The minimum absolute atomic E-state index is 0.108. The lowest BCUT2D eigenvalue weighted by Crippen LogP contribution is -2.36. The number of hydrogen-bond donors (Lipinski definition) is 0. The third-order valence-corrected chi connectivity index (χ3v) is 5.28. The lowest BCUT2D eigenvalue weighted by atomic mass is 9.81. The van der Waals surface area contributed by atoms with Gasteiger partial charge in [-0.15, -0.1) is 0 Å². The van der Waals surface area contributed by atoms with Gasteiger partial charge in [0.1, 0.15) is 6.61 Å². The molecular formula is C23H27NO4. The summed E-state index contributed by atoms with van der Waals surface area (Å²) in [7, 11) is 0. The Balaban J connectivity index is 1.51. The summed E-state index contributed by atoms with van der Waals surface area (Å²) in [5.74, 6) is 0.157. The molecule has 3 rings (SSSR count). The van der Waals surface area contributed by atoms with E-state index in [-0.39, 0.29) is 12.0 Å². The van der Waals surface area contributed by atoms with Crippen LogP contribution in [0.2, 0.25) is 0 Å². The lowest BCUT2D eigenvalue weighted by Gasteiger charge is -2.34. The number of esters is 1. The minimum Gasteiger partial charge on any atom is -0.462 e.